The van der Waals surface area contributed by atoms with Gasteiger partial charge in [-0.15, -0.1) is 0 Å². The fourth-order valence-electron chi connectivity index (χ4n) is 6.63. The van der Waals surface area contributed by atoms with E-state index in [0.29, 0.717) is 62.2 Å². The molecular formula is C47H63F5O3. The Labute approximate surface area is 328 Å². The summed E-state index contributed by atoms with van der Waals surface area (Å²) in [4.78, 5) is 35.0. The van der Waals surface area contributed by atoms with Gasteiger partial charge in [-0.2, -0.15) is 17.6 Å². The summed E-state index contributed by atoms with van der Waals surface area (Å²) in [7, 11) is 0. The van der Waals surface area contributed by atoms with Gasteiger partial charge in [-0.3, -0.25) is 14.4 Å². The topological polar surface area (TPSA) is 51.2 Å². The van der Waals surface area contributed by atoms with Crippen molar-refractivity contribution in [2.75, 3.05) is 0 Å². The third-order valence-corrected chi connectivity index (χ3v) is 10.6. The SMILES string of the molecule is CC(C)C(=O)CC1CCCCC#CC1(F)F.CC(C)C(=O)CCC1CCC#CC(C)(F)CC1.CC(C)C(=O)c1ccc(CC2CCCCC#CC2(F)F)cc1. The summed E-state index contributed by atoms with van der Waals surface area (Å²) >= 11 is 0. The van der Waals surface area contributed by atoms with Crippen LogP contribution in [0, 0.1) is 71.0 Å². The van der Waals surface area contributed by atoms with Crippen LogP contribution in [0.3, 0.4) is 0 Å². The van der Waals surface area contributed by atoms with E-state index in [1.165, 1.54) is 0 Å². The first-order valence-electron chi connectivity index (χ1n) is 20.4. The molecule has 0 aliphatic heterocycles. The van der Waals surface area contributed by atoms with Crippen LogP contribution in [0.4, 0.5) is 22.0 Å². The van der Waals surface area contributed by atoms with Crippen molar-refractivity contribution in [2.45, 2.75) is 169 Å². The van der Waals surface area contributed by atoms with Crippen molar-refractivity contribution >= 4 is 17.3 Å². The van der Waals surface area contributed by atoms with Crippen LogP contribution in [-0.4, -0.2) is 34.9 Å². The van der Waals surface area contributed by atoms with Crippen molar-refractivity contribution in [3.05, 3.63) is 35.4 Å². The lowest BCUT2D eigenvalue weighted by atomic mass is 9.86. The van der Waals surface area contributed by atoms with E-state index in [0.717, 1.165) is 56.9 Å². The third kappa shape index (κ3) is 17.9. The second kappa shape index (κ2) is 23.0. The van der Waals surface area contributed by atoms with Gasteiger partial charge in [0, 0.05) is 67.3 Å². The number of alkyl halides is 5. The first kappa shape index (κ1) is 47.7. The Morgan fingerprint density at radius 2 is 1.18 bits per heavy atom. The summed E-state index contributed by atoms with van der Waals surface area (Å²) in [6, 6.07) is 7.06. The van der Waals surface area contributed by atoms with Gasteiger partial charge in [0.15, 0.2) is 11.5 Å². The van der Waals surface area contributed by atoms with Crippen LogP contribution < -0.4 is 0 Å². The zero-order chi connectivity index (χ0) is 41.2. The molecule has 0 saturated carbocycles. The van der Waals surface area contributed by atoms with E-state index in [1.807, 2.05) is 33.6 Å². The first-order valence-corrected chi connectivity index (χ1v) is 20.4. The fourth-order valence-corrected chi connectivity index (χ4v) is 6.63. The van der Waals surface area contributed by atoms with Crippen molar-refractivity contribution in [3.63, 3.8) is 0 Å². The number of hydrogen-bond acceptors (Lipinski definition) is 3. The molecule has 304 valence electrons. The lowest BCUT2D eigenvalue weighted by Crippen LogP contribution is -2.30. The summed E-state index contributed by atoms with van der Waals surface area (Å²) in [5.41, 5.74) is 0.149. The Balaban J connectivity index is 0.000000290. The van der Waals surface area contributed by atoms with Crippen LogP contribution >= 0.6 is 0 Å². The van der Waals surface area contributed by atoms with E-state index in [1.54, 1.807) is 45.0 Å². The summed E-state index contributed by atoms with van der Waals surface area (Å²) in [6.07, 6.45) is 10.2. The molecule has 4 rings (SSSR count). The van der Waals surface area contributed by atoms with E-state index in [9.17, 15) is 36.3 Å². The monoisotopic (exact) mass is 770 g/mol. The van der Waals surface area contributed by atoms with Crippen LogP contribution in [0.25, 0.3) is 0 Å². The average Bonchev–Trinajstić information content (AvgIpc) is 3.10. The Kier molecular flexibility index (Phi) is 19.9. The van der Waals surface area contributed by atoms with Crippen molar-refractivity contribution in [1.82, 2.24) is 0 Å². The zero-order valence-corrected chi connectivity index (χ0v) is 34.2. The van der Waals surface area contributed by atoms with E-state index in [4.69, 9.17) is 0 Å². The normalized spacial score (nSPS) is 24.3. The molecule has 0 fully saturated rings. The van der Waals surface area contributed by atoms with Gasteiger partial charge in [0.2, 0.25) is 0 Å². The fraction of sp³-hybridized carbons (Fsp3) is 0.681. The summed E-state index contributed by atoms with van der Waals surface area (Å²) in [5, 5.41) is 0. The molecule has 4 unspecified atom stereocenters. The van der Waals surface area contributed by atoms with Gasteiger partial charge in [-0.05, 0) is 88.0 Å². The number of rotatable bonds is 11. The third-order valence-electron chi connectivity index (χ3n) is 10.6. The maximum atomic E-state index is 14.1. The number of benzene rings is 1. The van der Waals surface area contributed by atoms with Crippen LogP contribution in [0.15, 0.2) is 24.3 Å². The molecule has 3 nitrogen and oxygen atoms in total. The minimum absolute atomic E-state index is 0.0423. The van der Waals surface area contributed by atoms with E-state index >= 15 is 0 Å². The van der Waals surface area contributed by atoms with Crippen molar-refractivity contribution in [1.29, 1.82) is 0 Å². The van der Waals surface area contributed by atoms with Gasteiger partial charge in [-0.25, -0.2) is 4.39 Å². The lowest BCUT2D eigenvalue weighted by molar-refractivity contribution is -0.125. The molecule has 0 heterocycles. The molecule has 0 amide bonds. The molecule has 3 aliphatic carbocycles. The number of carbonyl (C=O) groups is 3. The van der Waals surface area contributed by atoms with E-state index in [-0.39, 0.29) is 35.7 Å². The van der Waals surface area contributed by atoms with E-state index < -0.39 is 29.3 Å². The summed E-state index contributed by atoms with van der Waals surface area (Å²) in [6.45, 7) is 12.6. The smallest absolute Gasteiger partial charge is 0.299 e. The molecule has 8 heteroatoms. The Morgan fingerprint density at radius 3 is 1.73 bits per heavy atom. The largest absolute Gasteiger partial charge is 0.311 e. The van der Waals surface area contributed by atoms with Crippen LogP contribution in [-0.2, 0) is 16.0 Å². The maximum Gasteiger partial charge on any atom is 0.311 e. The average molecular weight is 771 g/mol. The quantitative estimate of drug-likeness (QED) is 0.128. The molecule has 3 aliphatic rings. The molecule has 1 aromatic rings. The van der Waals surface area contributed by atoms with Crippen LogP contribution in [0.1, 0.15) is 161 Å². The molecular weight excluding hydrogens is 708 g/mol. The molecule has 0 bridgehead atoms. The second-order valence-corrected chi connectivity index (χ2v) is 16.6. The highest BCUT2D eigenvalue weighted by Gasteiger charge is 2.39. The molecule has 0 saturated heterocycles. The number of Topliss-reactive ketones (excluding diaryl/α,β-unsaturated/α-hetero) is 3. The van der Waals surface area contributed by atoms with Gasteiger partial charge in [0.25, 0.3) is 0 Å². The molecule has 55 heavy (non-hydrogen) atoms. The number of halogens is 5. The predicted molar refractivity (Wildman–Crippen MR) is 211 cm³/mol. The Bertz CT molecular complexity index is 1570. The minimum Gasteiger partial charge on any atom is -0.299 e. The number of carbonyl (C=O) groups excluding carboxylic acids is 3. The van der Waals surface area contributed by atoms with Crippen molar-refractivity contribution in [2.24, 2.45) is 35.5 Å². The summed E-state index contributed by atoms with van der Waals surface area (Å²) < 4.78 is 69.1. The maximum absolute atomic E-state index is 14.1. The Morgan fingerprint density at radius 1 is 0.655 bits per heavy atom. The molecule has 0 N–H and O–H groups in total. The zero-order valence-electron chi connectivity index (χ0n) is 34.2. The highest BCUT2D eigenvalue weighted by atomic mass is 19.3. The van der Waals surface area contributed by atoms with Gasteiger partial charge >= 0.3 is 11.8 Å². The Hall–Kier alpha value is -3.44. The molecule has 0 radical (unpaired) electrons. The van der Waals surface area contributed by atoms with Gasteiger partial charge < -0.3 is 0 Å². The van der Waals surface area contributed by atoms with Gasteiger partial charge in [0.1, 0.15) is 11.6 Å². The molecule has 0 spiro atoms. The molecule has 4 atom stereocenters. The lowest BCUT2D eigenvalue weighted by Gasteiger charge is -2.24. The highest BCUT2D eigenvalue weighted by Crippen LogP contribution is 2.34. The highest BCUT2D eigenvalue weighted by molar-refractivity contribution is 5.97. The van der Waals surface area contributed by atoms with Crippen LogP contribution in [0.5, 0.6) is 0 Å². The van der Waals surface area contributed by atoms with Crippen molar-refractivity contribution in [3.8, 4) is 35.5 Å². The van der Waals surface area contributed by atoms with Crippen LogP contribution in [0.2, 0.25) is 0 Å². The van der Waals surface area contributed by atoms with E-state index in [2.05, 4.69) is 29.6 Å². The first-order chi connectivity index (χ1) is 25.7. The molecule has 0 aromatic heterocycles. The number of hydrogen-bond donors (Lipinski definition) is 0. The van der Waals surface area contributed by atoms with Gasteiger partial charge in [-0.1, -0.05) is 102 Å². The standard InChI is InChI=1S/C19H22F2O.C15H23FO.C13H18F2O/c1-14(2)18(22)16-10-8-15(9-11-16)13-17-7-5-3-4-6-12-19(17,20)21;1-12(2)14(17)8-7-13-6-4-5-10-15(3,16)11-9-13;1-10(2)12(16)9-11-7-5-3-4-6-8-13(11,14)15/h8-11,14,17H,3-5,7,13H2,1-2H3;12-13H,4,6-9,11H2,1-3H3;10-11H,3-5,7,9H2,1-2H3. The van der Waals surface area contributed by atoms with Gasteiger partial charge in [0.05, 0.1) is 0 Å². The summed E-state index contributed by atoms with van der Waals surface area (Å²) in [5.74, 6) is 7.93. The number of ketones is 3. The minimum atomic E-state index is -3.00. The predicted octanol–water partition coefficient (Wildman–Crippen LogP) is 12.2. The molecule has 1 aromatic carbocycles. The van der Waals surface area contributed by atoms with Crippen molar-refractivity contribution < 1.29 is 36.3 Å². The second-order valence-electron chi connectivity index (χ2n) is 16.6.